The molecule has 0 saturated heterocycles. The molecule has 38 heavy (non-hydrogen) atoms. The van der Waals surface area contributed by atoms with E-state index in [2.05, 4.69) is 20.5 Å². The van der Waals surface area contributed by atoms with E-state index < -0.39 is 42.9 Å². The summed E-state index contributed by atoms with van der Waals surface area (Å²) in [4.78, 5) is -0.721. The molecule has 0 radical (unpaired) electrons. The van der Waals surface area contributed by atoms with Gasteiger partial charge in [-0.3, -0.25) is 4.55 Å². The van der Waals surface area contributed by atoms with E-state index in [0.29, 0.717) is 18.5 Å². The Morgan fingerprint density at radius 1 is 0.737 bits per heavy atom. The minimum atomic E-state index is -4.79. The van der Waals surface area contributed by atoms with Crippen molar-refractivity contribution in [1.82, 2.24) is 0 Å². The van der Waals surface area contributed by atoms with Gasteiger partial charge in [0.15, 0.2) is 9.84 Å². The number of rotatable bonds is 11. The summed E-state index contributed by atoms with van der Waals surface area (Å²) in [6, 6.07) is 13.2. The molecule has 0 aliphatic carbocycles. The molecule has 0 aromatic heterocycles. The third-order valence-electron chi connectivity index (χ3n) is 5.25. The first-order valence-corrected chi connectivity index (χ1v) is 14.2. The van der Waals surface area contributed by atoms with E-state index in [4.69, 9.17) is 21.7 Å². The summed E-state index contributed by atoms with van der Waals surface area (Å²) in [7, 11) is -8.46. The van der Waals surface area contributed by atoms with E-state index in [9.17, 15) is 21.4 Å². The molecule has 0 heterocycles. The molecule has 15 heteroatoms. The number of benzene rings is 3. The molecule has 3 aromatic rings. The number of nitrogens with zero attached hydrogens (tertiary/aromatic N) is 4. The van der Waals surface area contributed by atoms with Crippen LogP contribution in [0.2, 0.25) is 0 Å². The Morgan fingerprint density at radius 2 is 1.32 bits per heavy atom. The molecule has 0 spiro atoms. The zero-order valence-corrected chi connectivity index (χ0v) is 21.6. The van der Waals surface area contributed by atoms with Gasteiger partial charge in [-0.2, -0.15) is 18.6 Å². The number of hydrogen-bond donors (Lipinski definition) is 5. The van der Waals surface area contributed by atoms with Crippen LogP contribution in [0.5, 0.6) is 0 Å². The lowest BCUT2D eigenvalue weighted by molar-refractivity contribution is 0.288. The number of nitrogens with two attached hydrogens (primary N) is 2. The predicted octanol–water partition coefficient (Wildman–Crippen LogP) is 3.62. The minimum Gasteiger partial charge on any atom is -0.396 e. The van der Waals surface area contributed by atoms with Crippen molar-refractivity contribution in [2.75, 3.05) is 30.4 Å². The number of anilines is 2. The van der Waals surface area contributed by atoms with Crippen LogP contribution in [0.4, 0.5) is 34.1 Å². The molecule has 3 aromatic carbocycles. The van der Waals surface area contributed by atoms with E-state index >= 15 is 0 Å². The Labute approximate surface area is 219 Å². The Morgan fingerprint density at radius 3 is 1.87 bits per heavy atom. The van der Waals surface area contributed by atoms with Gasteiger partial charge in [-0.15, -0.1) is 10.2 Å². The van der Waals surface area contributed by atoms with Gasteiger partial charge in [-0.1, -0.05) is 12.1 Å². The SMILES string of the molecule is Nc1c(N=Nc2ccc(CCCO)cc2)cc(S(=O)(=O)O)c(N)c1N=Nc1ccc(S(=O)(=O)CCO)cc1. The van der Waals surface area contributed by atoms with E-state index in [0.717, 1.165) is 11.6 Å². The van der Waals surface area contributed by atoms with Gasteiger partial charge in [0, 0.05) is 6.61 Å². The van der Waals surface area contributed by atoms with Crippen molar-refractivity contribution < 1.29 is 31.6 Å². The van der Waals surface area contributed by atoms with E-state index in [1.54, 1.807) is 24.3 Å². The van der Waals surface area contributed by atoms with Crippen LogP contribution in [-0.4, -0.2) is 50.6 Å². The molecule has 0 fully saturated rings. The largest absolute Gasteiger partial charge is 0.396 e. The maximum absolute atomic E-state index is 12.0. The fourth-order valence-electron chi connectivity index (χ4n) is 3.26. The van der Waals surface area contributed by atoms with Crippen molar-refractivity contribution in [3.8, 4) is 0 Å². The first-order chi connectivity index (χ1) is 18.0. The summed E-state index contributed by atoms with van der Waals surface area (Å²) in [5, 5.41) is 33.8. The normalized spacial score (nSPS) is 12.5. The molecular weight excluding hydrogens is 536 g/mol. The Kier molecular flexibility index (Phi) is 9.24. The van der Waals surface area contributed by atoms with Crippen molar-refractivity contribution in [1.29, 1.82) is 0 Å². The molecule has 0 saturated carbocycles. The van der Waals surface area contributed by atoms with Crippen LogP contribution in [0.25, 0.3) is 0 Å². The van der Waals surface area contributed by atoms with Crippen LogP contribution in [0.15, 0.2) is 84.8 Å². The highest BCUT2D eigenvalue weighted by molar-refractivity contribution is 7.91. The summed E-state index contributed by atoms with van der Waals surface area (Å²) in [5.41, 5.74) is 12.6. The van der Waals surface area contributed by atoms with Crippen molar-refractivity contribution in [3.05, 3.63) is 60.2 Å². The fourth-order valence-corrected chi connectivity index (χ4v) is 4.92. The molecule has 7 N–H and O–H groups in total. The molecule has 0 aliphatic rings. The second-order valence-corrected chi connectivity index (χ2v) is 11.5. The number of nitrogen functional groups attached to an aromatic ring is 2. The molecule has 0 aliphatic heterocycles. The summed E-state index contributed by atoms with van der Waals surface area (Å²) >= 11 is 0. The van der Waals surface area contributed by atoms with Crippen molar-refractivity contribution in [3.63, 3.8) is 0 Å². The molecule has 0 amide bonds. The lowest BCUT2D eigenvalue weighted by Crippen LogP contribution is -2.09. The lowest BCUT2D eigenvalue weighted by atomic mass is 10.1. The number of aryl methyl sites for hydroxylation is 1. The van der Waals surface area contributed by atoms with E-state index in [1.807, 2.05) is 0 Å². The maximum atomic E-state index is 12.0. The monoisotopic (exact) mass is 562 g/mol. The molecule has 0 unspecified atom stereocenters. The molecular formula is C23H26N6O7S2. The van der Waals surface area contributed by atoms with Crippen LogP contribution in [-0.2, 0) is 26.4 Å². The Balaban J connectivity index is 1.97. The summed E-state index contributed by atoms with van der Waals surface area (Å²) in [6.07, 6.45) is 1.30. The van der Waals surface area contributed by atoms with Gasteiger partial charge < -0.3 is 21.7 Å². The van der Waals surface area contributed by atoms with Gasteiger partial charge in [0.1, 0.15) is 16.3 Å². The van der Waals surface area contributed by atoms with Gasteiger partial charge in [-0.05, 0) is 60.9 Å². The second kappa shape index (κ2) is 12.2. The smallest absolute Gasteiger partial charge is 0.296 e. The molecule has 3 rings (SSSR count). The molecule has 13 nitrogen and oxygen atoms in total. The average Bonchev–Trinajstić information content (AvgIpc) is 2.87. The van der Waals surface area contributed by atoms with Crippen molar-refractivity contribution in [2.24, 2.45) is 20.5 Å². The number of hydrogen-bond acceptors (Lipinski definition) is 12. The van der Waals surface area contributed by atoms with Gasteiger partial charge in [0.2, 0.25) is 0 Å². The predicted molar refractivity (Wildman–Crippen MR) is 141 cm³/mol. The number of aliphatic hydroxyl groups excluding tert-OH is 2. The standard InChI is InChI=1S/C23H26N6O7S2/c24-21-19(28-26-16-5-3-15(4-6-16)2-1-11-30)14-20(38(34,35)36)22(25)23(21)29-27-17-7-9-18(10-8-17)37(32,33)13-12-31/h3-10,14,30-31H,1-2,11-13,24-25H2,(H,34,35,36). The van der Waals surface area contributed by atoms with E-state index in [1.165, 1.54) is 24.3 Å². The topological polar surface area (TPSA) is 230 Å². The number of sulfone groups is 1. The quantitative estimate of drug-likeness (QED) is 0.130. The van der Waals surface area contributed by atoms with Crippen LogP contribution in [0.3, 0.4) is 0 Å². The summed E-state index contributed by atoms with van der Waals surface area (Å²) < 4.78 is 57.6. The molecule has 0 atom stereocenters. The molecule has 202 valence electrons. The highest BCUT2D eigenvalue weighted by Crippen LogP contribution is 2.43. The van der Waals surface area contributed by atoms with Crippen LogP contribution in [0.1, 0.15) is 12.0 Å². The van der Waals surface area contributed by atoms with Crippen molar-refractivity contribution in [2.45, 2.75) is 22.6 Å². The number of aliphatic hydroxyl groups is 2. The summed E-state index contributed by atoms with van der Waals surface area (Å²) in [6.45, 7) is -0.451. The number of azo groups is 2. The van der Waals surface area contributed by atoms with Crippen LogP contribution >= 0.6 is 0 Å². The highest BCUT2D eigenvalue weighted by atomic mass is 32.2. The highest BCUT2D eigenvalue weighted by Gasteiger charge is 2.22. The van der Waals surface area contributed by atoms with Crippen LogP contribution < -0.4 is 11.5 Å². The first kappa shape index (κ1) is 28.8. The third-order valence-corrected chi connectivity index (χ3v) is 7.86. The Bertz CT molecular complexity index is 1560. The zero-order chi connectivity index (χ0) is 27.9. The van der Waals surface area contributed by atoms with E-state index in [-0.39, 0.29) is 34.3 Å². The Hall–Kier alpha value is -3.76. The maximum Gasteiger partial charge on any atom is 0.296 e. The van der Waals surface area contributed by atoms with Crippen LogP contribution in [0, 0.1) is 0 Å². The zero-order valence-electron chi connectivity index (χ0n) is 20.0. The fraction of sp³-hybridized carbons (Fsp3) is 0.217. The lowest BCUT2D eigenvalue weighted by Gasteiger charge is -2.10. The molecule has 0 bridgehead atoms. The van der Waals surface area contributed by atoms with Gasteiger partial charge in [0.05, 0.1) is 40.0 Å². The third kappa shape index (κ3) is 7.17. The van der Waals surface area contributed by atoms with Gasteiger partial charge in [-0.25, -0.2) is 8.42 Å². The second-order valence-electron chi connectivity index (χ2n) is 7.97. The average molecular weight is 563 g/mol. The van der Waals surface area contributed by atoms with Gasteiger partial charge >= 0.3 is 0 Å². The summed E-state index contributed by atoms with van der Waals surface area (Å²) in [5.74, 6) is -0.436. The minimum absolute atomic E-state index is 0.0259. The van der Waals surface area contributed by atoms with Gasteiger partial charge in [0.25, 0.3) is 10.1 Å². The first-order valence-electron chi connectivity index (χ1n) is 11.1. The van der Waals surface area contributed by atoms with Crippen molar-refractivity contribution >= 4 is 54.1 Å².